The Kier molecular flexibility index (Phi) is 3.32. The highest BCUT2D eigenvalue weighted by Gasteiger charge is 2.17. The molecule has 6 nitrogen and oxygen atoms in total. The highest BCUT2D eigenvalue weighted by Crippen LogP contribution is 2.30. The van der Waals surface area contributed by atoms with Gasteiger partial charge in [-0.05, 0) is 30.2 Å². The molecule has 24 heavy (non-hydrogen) atoms. The first kappa shape index (κ1) is 14.5. The number of nitrogens with two attached hydrogens (primary N) is 1. The molecule has 6 heteroatoms. The summed E-state index contributed by atoms with van der Waals surface area (Å²) in [5, 5.41) is 0.845. The van der Waals surface area contributed by atoms with Gasteiger partial charge in [-0.1, -0.05) is 42.5 Å². The van der Waals surface area contributed by atoms with Gasteiger partial charge in [0.1, 0.15) is 0 Å². The number of benzene rings is 2. The summed E-state index contributed by atoms with van der Waals surface area (Å²) in [7, 11) is 0. The quantitative estimate of drug-likeness (QED) is 0.584. The van der Waals surface area contributed by atoms with Gasteiger partial charge in [-0.3, -0.25) is 0 Å². The van der Waals surface area contributed by atoms with Gasteiger partial charge in [-0.25, -0.2) is 9.59 Å². The third kappa shape index (κ3) is 2.16. The average Bonchev–Trinajstić information content (AvgIpc) is 2.89. The molecule has 4 aromatic rings. The maximum Gasteiger partial charge on any atom is 0.442 e. The fourth-order valence-corrected chi connectivity index (χ4v) is 2.94. The van der Waals surface area contributed by atoms with Gasteiger partial charge in [0.2, 0.25) is 5.71 Å². The Hall–Kier alpha value is -3.12. The van der Waals surface area contributed by atoms with Gasteiger partial charge in [0.05, 0.1) is 5.52 Å². The third-order valence-corrected chi connectivity index (χ3v) is 4.02. The standard InChI is InChI=1S/C18H14N2O4/c19-9-8-14-13-7-6-12(11-4-2-1-3-5-11)10-15(13)20-16(14)23-17(21)18(22)24-20/h1-7,10H,8-9,19H2. The van der Waals surface area contributed by atoms with Crippen LogP contribution >= 0.6 is 0 Å². The topological polar surface area (TPSA) is 90.9 Å². The molecule has 0 spiro atoms. The number of rotatable bonds is 3. The molecule has 0 radical (unpaired) electrons. The summed E-state index contributed by atoms with van der Waals surface area (Å²) in [6, 6.07) is 15.6. The molecule has 2 aromatic carbocycles. The van der Waals surface area contributed by atoms with Crippen molar-refractivity contribution in [3.8, 4) is 11.1 Å². The molecule has 0 saturated carbocycles. The fourth-order valence-electron chi connectivity index (χ4n) is 2.94. The summed E-state index contributed by atoms with van der Waals surface area (Å²) in [4.78, 5) is 23.1. The molecule has 0 saturated heterocycles. The molecule has 4 rings (SSSR count). The van der Waals surface area contributed by atoms with Gasteiger partial charge in [0, 0.05) is 10.9 Å². The van der Waals surface area contributed by atoms with E-state index in [4.69, 9.17) is 14.7 Å². The largest absolute Gasteiger partial charge is 0.442 e. The van der Waals surface area contributed by atoms with Crippen LogP contribution in [-0.2, 0) is 6.42 Å². The molecule has 2 heterocycles. The Morgan fingerprint density at radius 3 is 2.50 bits per heavy atom. The van der Waals surface area contributed by atoms with Crippen LogP contribution in [0.15, 0.2) is 67.1 Å². The van der Waals surface area contributed by atoms with Gasteiger partial charge >= 0.3 is 11.3 Å². The van der Waals surface area contributed by atoms with Crippen LogP contribution in [-0.4, -0.2) is 11.1 Å². The van der Waals surface area contributed by atoms with Crippen molar-refractivity contribution in [2.45, 2.75) is 6.42 Å². The van der Waals surface area contributed by atoms with Crippen molar-refractivity contribution in [1.29, 1.82) is 0 Å². The van der Waals surface area contributed by atoms with Crippen molar-refractivity contribution in [3.05, 3.63) is 74.9 Å². The molecule has 120 valence electrons. The zero-order valence-electron chi connectivity index (χ0n) is 12.7. The van der Waals surface area contributed by atoms with Gasteiger partial charge in [-0.15, -0.1) is 4.57 Å². The lowest BCUT2D eigenvalue weighted by Gasteiger charge is -2.02. The first-order valence-electron chi connectivity index (χ1n) is 7.56. The highest BCUT2D eigenvalue weighted by atomic mass is 16.5. The monoisotopic (exact) mass is 322 g/mol. The van der Waals surface area contributed by atoms with E-state index in [-0.39, 0.29) is 5.71 Å². The molecular weight excluding hydrogens is 308 g/mol. The SMILES string of the molecule is NCCc1c2ccc(-c3ccccc3)cc2n2oc(=O)c(=O)oc12. The maximum atomic E-state index is 11.6. The average molecular weight is 322 g/mol. The van der Waals surface area contributed by atoms with Gasteiger partial charge in [-0.2, -0.15) is 0 Å². The van der Waals surface area contributed by atoms with Crippen LogP contribution < -0.4 is 17.0 Å². The summed E-state index contributed by atoms with van der Waals surface area (Å²) in [5.41, 5.74) is 7.26. The van der Waals surface area contributed by atoms with Crippen LogP contribution in [0.2, 0.25) is 0 Å². The van der Waals surface area contributed by atoms with E-state index in [9.17, 15) is 9.59 Å². The summed E-state index contributed by atoms with van der Waals surface area (Å²) in [6.45, 7) is 0.387. The normalized spacial score (nSPS) is 11.4. The zero-order chi connectivity index (χ0) is 16.7. The van der Waals surface area contributed by atoms with Gasteiger partial charge < -0.3 is 14.7 Å². The predicted molar refractivity (Wildman–Crippen MR) is 90.2 cm³/mol. The Balaban J connectivity index is 2.09. The van der Waals surface area contributed by atoms with E-state index in [1.165, 1.54) is 4.57 Å². The second-order valence-corrected chi connectivity index (χ2v) is 5.48. The van der Waals surface area contributed by atoms with Gasteiger partial charge in [0.25, 0.3) is 0 Å². The molecule has 2 aromatic heterocycles. The third-order valence-electron chi connectivity index (χ3n) is 4.02. The Morgan fingerprint density at radius 2 is 1.75 bits per heavy atom. The minimum Gasteiger partial charge on any atom is -0.397 e. The lowest BCUT2D eigenvalue weighted by Crippen LogP contribution is -2.23. The maximum absolute atomic E-state index is 11.6. The van der Waals surface area contributed by atoms with Crippen molar-refractivity contribution in [2.24, 2.45) is 5.73 Å². The van der Waals surface area contributed by atoms with E-state index in [1.54, 1.807) is 0 Å². The predicted octanol–water partition coefficient (Wildman–Crippen LogP) is 2.17. The van der Waals surface area contributed by atoms with Crippen LogP contribution in [0.25, 0.3) is 27.7 Å². The van der Waals surface area contributed by atoms with Crippen molar-refractivity contribution in [2.75, 3.05) is 6.54 Å². The van der Waals surface area contributed by atoms with Crippen LogP contribution in [0.3, 0.4) is 0 Å². The lowest BCUT2D eigenvalue weighted by molar-refractivity contribution is 0.286. The first-order chi connectivity index (χ1) is 11.7. The smallest absolute Gasteiger partial charge is 0.397 e. The molecule has 0 aliphatic heterocycles. The van der Waals surface area contributed by atoms with Gasteiger partial charge in [0.15, 0.2) is 0 Å². The van der Waals surface area contributed by atoms with Crippen LogP contribution in [0, 0.1) is 0 Å². The number of fused-ring (bicyclic) bond motifs is 3. The van der Waals surface area contributed by atoms with E-state index in [0.717, 1.165) is 22.1 Å². The van der Waals surface area contributed by atoms with Crippen molar-refractivity contribution < 1.29 is 8.94 Å². The molecule has 0 aliphatic carbocycles. The molecular formula is C18H14N2O4. The minimum absolute atomic E-state index is 0.227. The number of aromatic nitrogens is 1. The summed E-state index contributed by atoms with van der Waals surface area (Å²) in [5.74, 6) is 0. The van der Waals surface area contributed by atoms with E-state index in [0.29, 0.717) is 18.5 Å². The first-order valence-corrected chi connectivity index (χ1v) is 7.56. The summed E-state index contributed by atoms with van der Waals surface area (Å²) in [6.07, 6.45) is 0.508. The van der Waals surface area contributed by atoms with Crippen molar-refractivity contribution in [1.82, 2.24) is 4.57 Å². The Labute approximate surface area is 135 Å². The molecule has 0 fully saturated rings. The Bertz CT molecular complexity index is 1150. The second kappa shape index (κ2) is 5.50. The van der Waals surface area contributed by atoms with E-state index in [1.807, 2.05) is 48.5 Å². The van der Waals surface area contributed by atoms with Crippen molar-refractivity contribution in [3.63, 3.8) is 0 Å². The lowest BCUT2D eigenvalue weighted by atomic mass is 10.0. The van der Waals surface area contributed by atoms with Crippen LogP contribution in [0.1, 0.15) is 5.56 Å². The Morgan fingerprint density at radius 1 is 0.958 bits per heavy atom. The molecule has 0 unspecified atom stereocenters. The van der Waals surface area contributed by atoms with E-state index >= 15 is 0 Å². The fraction of sp³-hybridized carbons (Fsp3) is 0.111. The molecule has 0 aliphatic rings. The number of hydrogen-bond acceptors (Lipinski definition) is 5. The summed E-state index contributed by atoms with van der Waals surface area (Å²) < 4.78 is 11.6. The van der Waals surface area contributed by atoms with Crippen molar-refractivity contribution >= 4 is 16.6 Å². The molecule has 2 N–H and O–H groups in total. The van der Waals surface area contributed by atoms with E-state index < -0.39 is 11.3 Å². The highest BCUT2D eigenvalue weighted by molar-refractivity contribution is 5.92. The summed E-state index contributed by atoms with van der Waals surface area (Å²) >= 11 is 0. The number of nitrogens with zero attached hydrogens (tertiary/aromatic N) is 1. The van der Waals surface area contributed by atoms with E-state index in [2.05, 4.69) is 0 Å². The number of hydrogen-bond donors (Lipinski definition) is 1. The van der Waals surface area contributed by atoms with Crippen LogP contribution in [0.4, 0.5) is 0 Å². The molecule has 0 amide bonds. The second-order valence-electron chi connectivity index (χ2n) is 5.48. The van der Waals surface area contributed by atoms with Crippen LogP contribution in [0.5, 0.6) is 0 Å². The minimum atomic E-state index is -1.04. The molecule has 0 atom stereocenters. The zero-order valence-corrected chi connectivity index (χ0v) is 12.7. The molecule has 0 bridgehead atoms.